The monoisotopic (exact) mass is 683 g/mol. The molecule has 1 N–H and O–H groups in total. The SMILES string of the molecule is C/C=C\C(=C/CC)Cc1ccccc1.C=CC.CC.CCC.CCOC(=O)C1CC(NC(=O)CC(c2ccccc2)c2ccccc2)CN1C. The Balaban J connectivity index is 0.000000911. The second kappa shape index (κ2) is 29.7. The Morgan fingerprint density at radius 3 is 1.80 bits per heavy atom. The largest absolute Gasteiger partial charge is 0.465 e. The van der Waals surface area contributed by atoms with Gasteiger partial charge in [-0.05, 0) is 69.3 Å². The predicted octanol–water partition coefficient (Wildman–Crippen LogP) is 10.7. The number of esters is 1. The number of nitrogens with zero attached hydrogens (tertiary/aromatic N) is 1. The number of amides is 1. The van der Waals surface area contributed by atoms with Crippen molar-refractivity contribution in [3.05, 3.63) is 144 Å². The van der Waals surface area contributed by atoms with Crippen LogP contribution in [-0.2, 0) is 20.7 Å². The lowest BCUT2D eigenvalue weighted by atomic mass is 9.88. The molecule has 0 saturated carbocycles. The lowest BCUT2D eigenvalue weighted by Crippen LogP contribution is -2.37. The summed E-state index contributed by atoms with van der Waals surface area (Å²) in [6.07, 6.45) is 12.7. The number of carbonyl (C=O) groups excluding carboxylic acids is 2. The van der Waals surface area contributed by atoms with Gasteiger partial charge in [0.05, 0.1) is 6.61 Å². The van der Waals surface area contributed by atoms with Crippen molar-refractivity contribution in [3.8, 4) is 0 Å². The Kier molecular flexibility index (Phi) is 27.2. The zero-order valence-electron chi connectivity index (χ0n) is 32.5. The van der Waals surface area contributed by atoms with E-state index in [9.17, 15) is 9.59 Å². The van der Waals surface area contributed by atoms with E-state index in [1.54, 1.807) is 13.0 Å². The van der Waals surface area contributed by atoms with Crippen LogP contribution in [0.4, 0.5) is 0 Å². The van der Waals surface area contributed by atoms with E-state index in [-0.39, 0.29) is 29.9 Å². The van der Waals surface area contributed by atoms with Crippen LogP contribution in [-0.4, -0.2) is 49.1 Å². The third-order valence-corrected chi connectivity index (χ3v) is 7.36. The van der Waals surface area contributed by atoms with Gasteiger partial charge in [-0.1, -0.05) is 156 Å². The number of hydrogen-bond acceptors (Lipinski definition) is 4. The highest BCUT2D eigenvalue weighted by molar-refractivity contribution is 5.79. The highest BCUT2D eigenvalue weighted by Gasteiger charge is 2.36. The zero-order valence-corrected chi connectivity index (χ0v) is 32.5. The molecule has 0 aliphatic carbocycles. The van der Waals surface area contributed by atoms with E-state index in [0.717, 1.165) is 24.0 Å². The number of carbonyl (C=O) groups is 2. The second-order valence-electron chi connectivity index (χ2n) is 11.8. The summed E-state index contributed by atoms with van der Waals surface area (Å²) in [4.78, 5) is 26.8. The number of nitrogens with one attached hydrogen (secondary N) is 1. The molecule has 2 atom stereocenters. The van der Waals surface area contributed by atoms with Crippen molar-refractivity contribution in [2.75, 3.05) is 20.2 Å². The van der Waals surface area contributed by atoms with Gasteiger partial charge in [0.2, 0.25) is 5.91 Å². The molecule has 1 aliphatic rings. The van der Waals surface area contributed by atoms with Gasteiger partial charge in [0.25, 0.3) is 0 Å². The minimum atomic E-state index is -0.288. The first-order valence-corrected chi connectivity index (χ1v) is 18.5. The summed E-state index contributed by atoms with van der Waals surface area (Å²) in [7, 11) is 1.89. The summed E-state index contributed by atoms with van der Waals surface area (Å²) in [5, 5.41) is 3.12. The third kappa shape index (κ3) is 19.1. The molecule has 2 unspecified atom stereocenters. The van der Waals surface area contributed by atoms with Crippen LogP contribution in [0.2, 0.25) is 0 Å². The minimum absolute atomic E-state index is 0.000569. The van der Waals surface area contributed by atoms with Crippen molar-refractivity contribution in [2.45, 2.75) is 105 Å². The Labute approximate surface area is 305 Å². The summed E-state index contributed by atoms with van der Waals surface area (Å²) >= 11 is 0. The van der Waals surface area contributed by atoms with Crippen molar-refractivity contribution < 1.29 is 14.3 Å². The van der Waals surface area contributed by atoms with Gasteiger partial charge in [0.15, 0.2) is 0 Å². The van der Waals surface area contributed by atoms with Gasteiger partial charge < -0.3 is 10.1 Å². The van der Waals surface area contributed by atoms with E-state index in [0.29, 0.717) is 26.0 Å². The summed E-state index contributed by atoms with van der Waals surface area (Å²) in [6, 6.07) is 30.5. The average Bonchev–Trinajstić information content (AvgIpc) is 3.50. The molecule has 0 radical (unpaired) electrons. The maximum absolute atomic E-state index is 12.8. The van der Waals surface area contributed by atoms with E-state index < -0.39 is 0 Å². The molecule has 1 aliphatic heterocycles. The molecule has 274 valence electrons. The first-order valence-electron chi connectivity index (χ1n) is 18.5. The molecule has 5 heteroatoms. The number of likely N-dealkylation sites (tertiary alicyclic amines) is 1. The fourth-order valence-corrected chi connectivity index (χ4v) is 5.40. The highest BCUT2D eigenvalue weighted by atomic mass is 16.5. The van der Waals surface area contributed by atoms with Crippen molar-refractivity contribution in [1.82, 2.24) is 10.2 Å². The number of ether oxygens (including phenoxy) is 1. The van der Waals surface area contributed by atoms with Crippen LogP contribution < -0.4 is 5.32 Å². The molecule has 1 saturated heterocycles. The van der Waals surface area contributed by atoms with Crippen LogP contribution in [0.3, 0.4) is 0 Å². The Morgan fingerprint density at radius 2 is 1.36 bits per heavy atom. The molecule has 5 nitrogen and oxygen atoms in total. The van der Waals surface area contributed by atoms with Crippen molar-refractivity contribution in [1.29, 1.82) is 0 Å². The molecule has 1 fully saturated rings. The number of likely N-dealkylation sites (N-methyl/N-ethyl adjacent to an activating group) is 1. The van der Waals surface area contributed by atoms with Crippen LogP contribution in [0.25, 0.3) is 0 Å². The quantitative estimate of drug-likeness (QED) is 0.124. The maximum Gasteiger partial charge on any atom is 0.323 e. The minimum Gasteiger partial charge on any atom is -0.465 e. The molecular weight excluding hydrogens is 617 g/mol. The zero-order chi connectivity index (χ0) is 37.6. The Hall–Kier alpha value is -4.22. The second-order valence-corrected chi connectivity index (χ2v) is 11.8. The molecule has 4 rings (SSSR count). The fourth-order valence-electron chi connectivity index (χ4n) is 5.40. The molecular formula is C45H66N2O3. The summed E-state index contributed by atoms with van der Waals surface area (Å²) in [5.41, 5.74) is 5.03. The summed E-state index contributed by atoms with van der Waals surface area (Å²) < 4.78 is 5.14. The van der Waals surface area contributed by atoms with E-state index >= 15 is 0 Å². The van der Waals surface area contributed by atoms with E-state index in [2.05, 4.69) is 112 Å². The van der Waals surface area contributed by atoms with Gasteiger partial charge in [0.1, 0.15) is 6.04 Å². The van der Waals surface area contributed by atoms with Crippen LogP contribution in [0.5, 0.6) is 0 Å². The smallest absolute Gasteiger partial charge is 0.323 e. The lowest BCUT2D eigenvalue weighted by molar-refractivity contribution is -0.148. The van der Waals surface area contributed by atoms with Gasteiger partial charge in [-0.25, -0.2) is 0 Å². The van der Waals surface area contributed by atoms with Crippen LogP contribution in [0.1, 0.15) is 104 Å². The highest BCUT2D eigenvalue weighted by Crippen LogP contribution is 2.28. The van der Waals surface area contributed by atoms with E-state index in [4.69, 9.17) is 4.74 Å². The maximum atomic E-state index is 12.8. The fraction of sp³-hybridized carbons (Fsp3) is 0.422. The molecule has 0 bridgehead atoms. The van der Waals surface area contributed by atoms with Gasteiger partial charge in [-0.2, -0.15) is 0 Å². The number of benzene rings is 3. The standard InChI is InChI=1S/C23H28N2O3.C14H18.C3H8.C3H6.C2H6/c1-3-28-23(27)21-14-19(16-25(21)2)24-22(26)15-20(17-10-6-4-7-11-17)18-12-8-5-9-13-18;1-3-8-13(9-4-2)12-14-10-6-5-7-11-14;2*1-3-2;1-2/h4-13,19-21H,3,14-16H2,1-2H3,(H,24,26);3,5-11H,4,12H2,1-2H3;3H2,1-2H3;3H,1H2,2H3;1-2H3/b;8-3-,13-9+;;;. The van der Waals surface area contributed by atoms with Crippen molar-refractivity contribution >= 4 is 11.9 Å². The molecule has 1 heterocycles. The summed E-state index contributed by atoms with van der Waals surface area (Å²) in [5.74, 6) is -0.212. The first kappa shape index (κ1) is 45.8. The molecule has 1 amide bonds. The van der Waals surface area contributed by atoms with Crippen LogP contribution in [0, 0.1) is 0 Å². The van der Waals surface area contributed by atoms with E-state index in [1.807, 2.05) is 69.1 Å². The molecule has 0 aromatic heterocycles. The topological polar surface area (TPSA) is 58.6 Å². The summed E-state index contributed by atoms with van der Waals surface area (Å²) in [6.45, 7) is 20.6. The number of rotatable bonds is 11. The predicted molar refractivity (Wildman–Crippen MR) is 215 cm³/mol. The molecule has 50 heavy (non-hydrogen) atoms. The van der Waals surface area contributed by atoms with Gasteiger partial charge >= 0.3 is 5.97 Å². The first-order chi connectivity index (χ1) is 24.3. The van der Waals surface area contributed by atoms with Crippen molar-refractivity contribution in [3.63, 3.8) is 0 Å². The van der Waals surface area contributed by atoms with Crippen molar-refractivity contribution in [2.24, 2.45) is 0 Å². The average molecular weight is 683 g/mol. The van der Waals surface area contributed by atoms with Crippen LogP contribution >= 0.6 is 0 Å². The Bertz CT molecular complexity index is 1300. The van der Waals surface area contributed by atoms with Gasteiger partial charge in [-0.15, -0.1) is 6.58 Å². The molecule has 3 aromatic carbocycles. The number of allylic oxidation sites excluding steroid dienone is 5. The van der Waals surface area contributed by atoms with E-state index in [1.165, 1.54) is 17.6 Å². The molecule has 3 aromatic rings. The lowest BCUT2D eigenvalue weighted by Gasteiger charge is -2.19. The number of hydrogen-bond donors (Lipinski definition) is 1. The van der Waals surface area contributed by atoms with Crippen LogP contribution in [0.15, 0.2) is 127 Å². The van der Waals surface area contributed by atoms with Gasteiger partial charge in [0, 0.05) is 24.9 Å². The normalized spacial score (nSPS) is 15.1. The Morgan fingerprint density at radius 1 is 0.880 bits per heavy atom. The third-order valence-electron chi connectivity index (χ3n) is 7.36. The van der Waals surface area contributed by atoms with Gasteiger partial charge in [-0.3, -0.25) is 14.5 Å². The molecule has 0 spiro atoms.